The third-order valence-corrected chi connectivity index (χ3v) is 4.74. The molecule has 2 rings (SSSR count). The highest BCUT2D eigenvalue weighted by atomic mass is 32.2. The van der Waals surface area contributed by atoms with Crippen LogP contribution in [-0.2, 0) is 10.0 Å². The fraction of sp³-hybridized carbons (Fsp3) is 0.538. The summed E-state index contributed by atoms with van der Waals surface area (Å²) in [6, 6.07) is 2.95. The monoisotopic (exact) mass is 312 g/mol. The predicted octanol–water partition coefficient (Wildman–Crippen LogP) is 0.923. The van der Waals surface area contributed by atoms with E-state index in [-0.39, 0.29) is 12.3 Å². The number of sulfonamides is 1. The Morgan fingerprint density at radius 1 is 1.38 bits per heavy atom. The van der Waals surface area contributed by atoms with Gasteiger partial charge in [0.1, 0.15) is 0 Å². The lowest BCUT2D eigenvalue weighted by molar-refractivity contribution is 0.252. The minimum absolute atomic E-state index is 0.0616. The summed E-state index contributed by atoms with van der Waals surface area (Å²) >= 11 is 0. The first-order valence-electron chi connectivity index (χ1n) is 6.97. The van der Waals surface area contributed by atoms with Crippen molar-refractivity contribution in [1.82, 2.24) is 15.0 Å². The van der Waals surface area contributed by atoms with Gasteiger partial charge in [-0.25, -0.2) is 17.9 Å². The van der Waals surface area contributed by atoms with Crippen LogP contribution in [0.4, 0.5) is 10.5 Å². The number of aromatic nitrogens is 1. The van der Waals surface area contributed by atoms with E-state index in [1.807, 2.05) is 0 Å². The Morgan fingerprint density at radius 3 is 2.81 bits per heavy atom. The number of pyridine rings is 1. The van der Waals surface area contributed by atoms with Gasteiger partial charge in [-0.05, 0) is 30.9 Å². The van der Waals surface area contributed by atoms with Crippen molar-refractivity contribution in [3.8, 4) is 0 Å². The number of rotatable bonds is 7. The molecule has 0 aromatic carbocycles. The molecule has 1 fully saturated rings. The van der Waals surface area contributed by atoms with Crippen LogP contribution in [0.15, 0.2) is 24.5 Å². The molecule has 8 heteroatoms. The fourth-order valence-electron chi connectivity index (χ4n) is 1.92. The molecule has 116 valence electrons. The highest BCUT2D eigenvalue weighted by Gasteiger charge is 2.20. The number of urea groups is 1. The van der Waals surface area contributed by atoms with Crippen LogP contribution in [0.25, 0.3) is 0 Å². The highest BCUT2D eigenvalue weighted by Crippen LogP contribution is 2.25. The van der Waals surface area contributed by atoms with E-state index < -0.39 is 16.1 Å². The summed E-state index contributed by atoms with van der Waals surface area (Å²) in [5.74, 6) is 0.349. The Bertz CT molecular complexity index is 558. The molecule has 0 saturated heterocycles. The SMILES string of the molecule is O=C(NCCS(=O)(=O)NCC1CCC1)Nc1cccnc1. The molecule has 0 radical (unpaired) electrons. The topological polar surface area (TPSA) is 100 Å². The van der Waals surface area contributed by atoms with E-state index in [9.17, 15) is 13.2 Å². The largest absolute Gasteiger partial charge is 0.337 e. The van der Waals surface area contributed by atoms with Crippen LogP contribution in [0.3, 0.4) is 0 Å². The highest BCUT2D eigenvalue weighted by molar-refractivity contribution is 7.89. The van der Waals surface area contributed by atoms with Gasteiger partial charge in [-0.2, -0.15) is 0 Å². The number of hydrogen-bond acceptors (Lipinski definition) is 4. The van der Waals surface area contributed by atoms with Crippen molar-refractivity contribution >= 4 is 21.7 Å². The maximum absolute atomic E-state index is 11.7. The van der Waals surface area contributed by atoms with Crippen LogP contribution in [0.1, 0.15) is 19.3 Å². The summed E-state index contributed by atoms with van der Waals surface area (Å²) in [7, 11) is -3.33. The molecule has 1 aliphatic rings. The molecule has 1 aromatic rings. The minimum Gasteiger partial charge on any atom is -0.337 e. The van der Waals surface area contributed by atoms with Crippen LogP contribution in [0.5, 0.6) is 0 Å². The Balaban J connectivity index is 1.64. The van der Waals surface area contributed by atoms with Crippen LogP contribution >= 0.6 is 0 Å². The number of carbonyl (C=O) groups is 1. The zero-order chi connectivity index (χ0) is 15.1. The Labute approximate surface area is 124 Å². The molecule has 21 heavy (non-hydrogen) atoms. The average Bonchev–Trinajstić information content (AvgIpc) is 2.37. The normalized spacial score (nSPS) is 15.2. The number of nitrogens with zero attached hydrogens (tertiary/aromatic N) is 1. The smallest absolute Gasteiger partial charge is 0.319 e. The van der Waals surface area contributed by atoms with Crippen molar-refractivity contribution in [2.24, 2.45) is 5.92 Å². The van der Waals surface area contributed by atoms with E-state index in [4.69, 9.17) is 0 Å². The molecule has 0 spiro atoms. The molecule has 0 unspecified atom stereocenters. The minimum atomic E-state index is -3.33. The number of hydrogen-bond donors (Lipinski definition) is 3. The second kappa shape index (κ2) is 7.37. The molecule has 0 atom stereocenters. The molecule has 0 bridgehead atoms. The summed E-state index contributed by atoms with van der Waals surface area (Å²) in [6.45, 7) is 0.566. The van der Waals surface area contributed by atoms with Crippen molar-refractivity contribution in [3.63, 3.8) is 0 Å². The third-order valence-electron chi connectivity index (χ3n) is 3.39. The number of carbonyl (C=O) groups excluding carboxylic acids is 1. The first-order valence-corrected chi connectivity index (χ1v) is 8.62. The predicted molar refractivity (Wildman–Crippen MR) is 80.4 cm³/mol. The molecule has 3 N–H and O–H groups in total. The van der Waals surface area contributed by atoms with Crippen molar-refractivity contribution in [2.75, 3.05) is 24.2 Å². The zero-order valence-electron chi connectivity index (χ0n) is 11.7. The van der Waals surface area contributed by atoms with Gasteiger partial charge in [0.15, 0.2) is 0 Å². The maximum atomic E-state index is 11.7. The summed E-state index contributed by atoms with van der Waals surface area (Å²) in [4.78, 5) is 15.4. The molecule has 1 aliphatic carbocycles. The Morgan fingerprint density at radius 2 is 2.19 bits per heavy atom. The molecule has 0 aliphatic heterocycles. The number of amides is 2. The molecular formula is C13H20N4O3S. The van der Waals surface area contributed by atoms with Gasteiger partial charge in [0.05, 0.1) is 17.6 Å². The average molecular weight is 312 g/mol. The van der Waals surface area contributed by atoms with Gasteiger partial charge in [-0.3, -0.25) is 4.98 Å². The van der Waals surface area contributed by atoms with E-state index in [1.54, 1.807) is 18.3 Å². The number of anilines is 1. The summed E-state index contributed by atoms with van der Waals surface area (Å²) in [6.07, 6.45) is 6.48. The molecule has 2 amide bonds. The summed E-state index contributed by atoms with van der Waals surface area (Å²) < 4.78 is 26.0. The fourth-order valence-corrected chi connectivity index (χ4v) is 2.93. The van der Waals surface area contributed by atoms with Gasteiger partial charge in [0, 0.05) is 19.3 Å². The van der Waals surface area contributed by atoms with Gasteiger partial charge in [0.2, 0.25) is 10.0 Å². The van der Waals surface area contributed by atoms with Crippen molar-refractivity contribution < 1.29 is 13.2 Å². The van der Waals surface area contributed by atoms with Crippen LogP contribution < -0.4 is 15.4 Å². The van der Waals surface area contributed by atoms with Crippen molar-refractivity contribution in [3.05, 3.63) is 24.5 Å². The van der Waals surface area contributed by atoms with E-state index in [1.165, 1.54) is 12.6 Å². The van der Waals surface area contributed by atoms with Gasteiger partial charge < -0.3 is 10.6 Å². The van der Waals surface area contributed by atoms with Crippen molar-refractivity contribution in [2.45, 2.75) is 19.3 Å². The molecule has 1 heterocycles. The van der Waals surface area contributed by atoms with E-state index in [0.29, 0.717) is 18.2 Å². The van der Waals surface area contributed by atoms with Gasteiger partial charge >= 0.3 is 6.03 Å². The van der Waals surface area contributed by atoms with Crippen LogP contribution in [0, 0.1) is 5.92 Å². The van der Waals surface area contributed by atoms with E-state index >= 15 is 0 Å². The first-order chi connectivity index (χ1) is 10.1. The van der Waals surface area contributed by atoms with Crippen molar-refractivity contribution in [1.29, 1.82) is 0 Å². The van der Waals surface area contributed by atoms with E-state index in [2.05, 4.69) is 20.3 Å². The first kappa shape index (κ1) is 15.7. The summed E-state index contributed by atoms with van der Waals surface area (Å²) in [5, 5.41) is 5.07. The maximum Gasteiger partial charge on any atom is 0.319 e. The second-order valence-electron chi connectivity index (χ2n) is 5.09. The quantitative estimate of drug-likeness (QED) is 0.697. The lowest BCUT2D eigenvalue weighted by Crippen LogP contribution is -2.38. The molecule has 1 saturated carbocycles. The molecule has 1 aromatic heterocycles. The Hall–Kier alpha value is -1.67. The molecule has 7 nitrogen and oxygen atoms in total. The third kappa shape index (κ3) is 5.68. The lowest BCUT2D eigenvalue weighted by Gasteiger charge is -2.25. The van der Waals surface area contributed by atoms with Gasteiger partial charge in [0.25, 0.3) is 0 Å². The van der Waals surface area contributed by atoms with Gasteiger partial charge in [-0.15, -0.1) is 0 Å². The Kier molecular flexibility index (Phi) is 5.51. The lowest BCUT2D eigenvalue weighted by atomic mass is 9.86. The number of nitrogens with one attached hydrogen (secondary N) is 3. The standard InChI is InChI=1S/C13H20N4O3S/c18-13(17-12-5-2-6-14-10-12)15-7-8-21(19,20)16-9-11-3-1-4-11/h2,5-6,10-11,16H,1,3-4,7-9H2,(H2,15,17,18). The van der Waals surface area contributed by atoms with Crippen LogP contribution in [-0.4, -0.2) is 38.3 Å². The van der Waals surface area contributed by atoms with Gasteiger partial charge in [-0.1, -0.05) is 6.42 Å². The van der Waals surface area contributed by atoms with Crippen LogP contribution in [0.2, 0.25) is 0 Å². The van der Waals surface area contributed by atoms with E-state index in [0.717, 1.165) is 12.8 Å². The molecular weight excluding hydrogens is 292 g/mol. The summed E-state index contributed by atoms with van der Waals surface area (Å²) in [5.41, 5.74) is 0.556. The zero-order valence-corrected chi connectivity index (χ0v) is 12.5. The second-order valence-corrected chi connectivity index (χ2v) is 7.01.